The third-order valence-electron chi connectivity index (χ3n) is 2.38. The van der Waals surface area contributed by atoms with Crippen molar-refractivity contribution in [3.05, 3.63) is 0 Å². The summed E-state index contributed by atoms with van der Waals surface area (Å²) in [7, 11) is 3.19. The first kappa shape index (κ1) is 13.9. The molecule has 0 amide bonds. The average Bonchev–Trinajstić information content (AvgIpc) is 2.21. The van der Waals surface area contributed by atoms with Crippen molar-refractivity contribution in [1.29, 1.82) is 0 Å². The van der Waals surface area contributed by atoms with Crippen molar-refractivity contribution in [2.45, 2.75) is 57.8 Å². The number of rotatable bonds is 9. The molecule has 0 rings (SSSR count). The SMILES string of the molecule is CCCCCCC(O)CC(OC)OC. The van der Waals surface area contributed by atoms with Crippen LogP contribution in [0.15, 0.2) is 0 Å². The molecule has 0 saturated carbocycles. The minimum absolute atomic E-state index is 0.267. The Labute approximate surface area is 87.4 Å². The maximum Gasteiger partial charge on any atom is 0.159 e. The van der Waals surface area contributed by atoms with Gasteiger partial charge in [-0.1, -0.05) is 32.6 Å². The number of aliphatic hydroxyl groups is 1. The van der Waals surface area contributed by atoms with Gasteiger partial charge in [-0.3, -0.25) is 0 Å². The van der Waals surface area contributed by atoms with Gasteiger partial charge in [0.2, 0.25) is 0 Å². The Hall–Kier alpha value is -0.120. The van der Waals surface area contributed by atoms with Gasteiger partial charge in [0.1, 0.15) is 0 Å². The van der Waals surface area contributed by atoms with Gasteiger partial charge in [-0.15, -0.1) is 0 Å². The van der Waals surface area contributed by atoms with Gasteiger partial charge >= 0.3 is 0 Å². The average molecular weight is 204 g/mol. The van der Waals surface area contributed by atoms with Gasteiger partial charge in [-0.05, 0) is 6.42 Å². The molecule has 0 aliphatic rings. The molecule has 1 atom stereocenters. The summed E-state index contributed by atoms with van der Waals surface area (Å²) in [6.45, 7) is 2.18. The van der Waals surface area contributed by atoms with E-state index in [1.165, 1.54) is 19.3 Å². The fourth-order valence-electron chi connectivity index (χ4n) is 1.44. The normalized spacial score (nSPS) is 13.5. The van der Waals surface area contributed by atoms with Gasteiger partial charge in [0.25, 0.3) is 0 Å². The van der Waals surface area contributed by atoms with Crippen LogP contribution in [0.2, 0.25) is 0 Å². The van der Waals surface area contributed by atoms with Crippen molar-refractivity contribution in [2.75, 3.05) is 14.2 Å². The Kier molecular flexibility index (Phi) is 9.35. The van der Waals surface area contributed by atoms with Crippen molar-refractivity contribution in [1.82, 2.24) is 0 Å². The molecule has 0 aromatic carbocycles. The lowest BCUT2D eigenvalue weighted by molar-refractivity contribution is -0.123. The molecule has 0 aromatic rings. The summed E-state index contributed by atoms with van der Waals surface area (Å²) < 4.78 is 10.0. The summed E-state index contributed by atoms with van der Waals surface area (Å²) in [5.41, 5.74) is 0. The predicted molar refractivity (Wildman–Crippen MR) is 57.2 cm³/mol. The molecular formula is C11H24O3. The lowest BCUT2D eigenvalue weighted by Crippen LogP contribution is -2.21. The largest absolute Gasteiger partial charge is 0.393 e. The zero-order chi connectivity index (χ0) is 10.8. The Balaban J connectivity index is 3.38. The van der Waals surface area contributed by atoms with E-state index in [-0.39, 0.29) is 12.4 Å². The van der Waals surface area contributed by atoms with Gasteiger partial charge in [0, 0.05) is 20.6 Å². The van der Waals surface area contributed by atoms with Gasteiger partial charge in [-0.25, -0.2) is 0 Å². The monoisotopic (exact) mass is 204 g/mol. The van der Waals surface area contributed by atoms with Crippen molar-refractivity contribution < 1.29 is 14.6 Å². The molecule has 0 aliphatic heterocycles. The number of ether oxygens (including phenoxy) is 2. The van der Waals surface area contributed by atoms with E-state index in [1.807, 2.05) is 0 Å². The molecule has 0 radical (unpaired) electrons. The van der Waals surface area contributed by atoms with Crippen LogP contribution >= 0.6 is 0 Å². The zero-order valence-electron chi connectivity index (χ0n) is 9.66. The van der Waals surface area contributed by atoms with Crippen LogP contribution in [0.25, 0.3) is 0 Å². The van der Waals surface area contributed by atoms with E-state index < -0.39 is 0 Å². The molecule has 1 unspecified atom stereocenters. The Morgan fingerprint density at radius 3 is 2.21 bits per heavy atom. The number of hydrogen-bond donors (Lipinski definition) is 1. The summed E-state index contributed by atoms with van der Waals surface area (Å²) in [6.07, 6.45) is 5.64. The van der Waals surface area contributed by atoms with E-state index in [0.717, 1.165) is 12.8 Å². The second-order valence-electron chi connectivity index (χ2n) is 3.64. The first-order valence-electron chi connectivity index (χ1n) is 5.48. The van der Waals surface area contributed by atoms with Gasteiger partial charge in [0.05, 0.1) is 6.10 Å². The van der Waals surface area contributed by atoms with Crippen LogP contribution in [0.5, 0.6) is 0 Å². The molecule has 0 bridgehead atoms. The van der Waals surface area contributed by atoms with Gasteiger partial charge in [-0.2, -0.15) is 0 Å². The number of aliphatic hydroxyl groups excluding tert-OH is 1. The van der Waals surface area contributed by atoms with Crippen LogP contribution in [0.4, 0.5) is 0 Å². The van der Waals surface area contributed by atoms with Crippen molar-refractivity contribution in [3.63, 3.8) is 0 Å². The minimum Gasteiger partial charge on any atom is -0.393 e. The van der Waals surface area contributed by atoms with E-state index >= 15 is 0 Å². The van der Waals surface area contributed by atoms with Gasteiger partial charge in [0.15, 0.2) is 6.29 Å². The molecule has 14 heavy (non-hydrogen) atoms. The second-order valence-corrected chi connectivity index (χ2v) is 3.64. The van der Waals surface area contributed by atoms with E-state index in [9.17, 15) is 5.11 Å². The first-order valence-corrected chi connectivity index (χ1v) is 5.48. The van der Waals surface area contributed by atoms with E-state index in [1.54, 1.807) is 14.2 Å². The maximum absolute atomic E-state index is 9.62. The maximum atomic E-state index is 9.62. The lowest BCUT2D eigenvalue weighted by atomic mass is 10.1. The molecule has 0 heterocycles. The van der Waals surface area contributed by atoms with Crippen molar-refractivity contribution >= 4 is 0 Å². The fraction of sp³-hybridized carbons (Fsp3) is 1.00. The van der Waals surface area contributed by atoms with E-state index in [0.29, 0.717) is 6.42 Å². The second kappa shape index (κ2) is 9.44. The number of hydrogen-bond acceptors (Lipinski definition) is 3. The smallest absolute Gasteiger partial charge is 0.159 e. The standard InChI is InChI=1S/C11H24O3/c1-4-5-6-7-8-10(12)9-11(13-2)14-3/h10-12H,4-9H2,1-3H3. The van der Waals surface area contributed by atoms with Gasteiger partial charge < -0.3 is 14.6 Å². The highest BCUT2D eigenvalue weighted by molar-refractivity contribution is 4.58. The molecule has 0 aromatic heterocycles. The summed E-state index contributed by atoms with van der Waals surface area (Å²) >= 11 is 0. The zero-order valence-corrected chi connectivity index (χ0v) is 9.66. The van der Waals surface area contributed by atoms with Crippen molar-refractivity contribution in [3.8, 4) is 0 Å². The van der Waals surface area contributed by atoms with Crippen LogP contribution in [-0.2, 0) is 9.47 Å². The molecule has 3 nitrogen and oxygen atoms in total. The van der Waals surface area contributed by atoms with Crippen LogP contribution in [0.3, 0.4) is 0 Å². The van der Waals surface area contributed by atoms with Crippen LogP contribution in [-0.4, -0.2) is 31.7 Å². The molecule has 0 spiro atoms. The quantitative estimate of drug-likeness (QED) is 0.463. The Morgan fingerprint density at radius 2 is 1.71 bits per heavy atom. The summed E-state index contributed by atoms with van der Waals surface area (Å²) in [5, 5.41) is 9.62. The molecule has 0 saturated heterocycles. The molecular weight excluding hydrogens is 180 g/mol. The molecule has 0 aliphatic carbocycles. The Bertz CT molecular complexity index is 113. The minimum atomic E-state index is -0.295. The molecule has 3 heteroatoms. The topological polar surface area (TPSA) is 38.7 Å². The van der Waals surface area contributed by atoms with E-state index in [4.69, 9.17) is 9.47 Å². The summed E-state index contributed by atoms with van der Waals surface area (Å²) in [5.74, 6) is 0. The van der Waals surface area contributed by atoms with Crippen molar-refractivity contribution in [2.24, 2.45) is 0 Å². The predicted octanol–water partition coefficient (Wildman–Crippen LogP) is 2.33. The number of unbranched alkanes of at least 4 members (excludes halogenated alkanes) is 3. The first-order chi connectivity index (χ1) is 6.74. The highest BCUT2D eigenvalue weighted by Crippen LogP contribution is 2.11. The highest BCUT2D eigenvalue weighted by Gasteiger charge is 2.12. The summed E-state index contributed by atoms with van der Waals surface area (Å²) in [4.78, 5) is 0. The molecule has 1 N–H and O–H groups in total. The lowest BCUT2D eigenvalue weighted by Gasteiger charge is -2.17. The van der Waals surface area contributed by atoms with Crippen LogP contribution < -0.4 is 0 Å². The molecule has 0 fully saturated rings. The summed E-state index contributed by atoms with van der Waals surface area (Å²) in [6, 6.07) is 0. The third-order valence-corrected chi connectivity index (χ3v) is 2.38. The molecule has 86 valence electrons. The highest BCUT2D eigenvalue weighted by atomic mass is 16.7. The van der Waals surface area contributed by atoms with Crippen LogP contribution in [0, 0.1) is 0 Å². The van der Waals surface area contributed by atoms with E-state index in [2.05, 4.69) is 6.92 Å². The number of methoxy groups -OCH3 is 2. The Morgan fingerprint density at radius 1 is 1.07 bits per heavy atom. The van der Waals surface area contributed by atoms with Crippen LogP contribution in [0.1, 0.15) is 45.4 Å². The fourth-order valence-corrected chi connectivity index (χ4v) is 1.44. The third kappa shape index (κ3) is 7.30.